The van der Waals surface area contributed by atoms with Crippen molar-refractivity contribution in [1.82, 2.24) is 4.90 Å². The van der Waals surface area contributed by atoms with Crippen LogP contribution in [0.5, 0.6) is 0 Å². The number of urea groups is 1. The number of carboxylic acid groups (broad SMARTS) is 1. The lowest BCUT2D eigenvalue weighted by Crippen LogP contribution is -2.51. The third-order valence-corrected chi connectivity index (χ3v) is 4.24. The summed E-state index contributed by atoms with van der Waals surface area (Å²) in [5, 5.41) is 11.9. The number of anilines is 1. The zero-order chi connectivity index (χ0) is 15.6. The van der Waals surface area contributed by atoms with E-state index in [9.17, 15) is 19.1 Å². The Labute approximate surface area is 130 Å². The van der Waals surface area contributed by atoms with Gasteiger partial charge in [0.1, 0.15) is 11.9 Å². The SMILES string of the molecule is CC1CCN(C(=O)Nc2ccc(F)cc2Br)C(C(=O)O)C1. The summed E-state index contributed by atoms with van der Waals surface area (Å²) in [4.78, 5) is 24.9. The van der Waals surface area contributed by atoms with Crippen LogP contribution in [-0.4, -0.2) is 34.6 Å². The molecule has 1 aromatic rings. The van der Waals surface area contributed by atoms with Crippen molar-refractivity contribution < 1.29 is 19.1 Å². The van der Waals surface area contributed by atoms with E-state index in [4.69, 9.17) is 0 Å². The fraction of sp³-hybridized carbons (Fsp3) is 0.429. The van der Waals surface area contributed by atoms with Crippen LogP contribution in [0.3, 0.4) is 0 Å². The molecule has 0 aromatic heterocycles. The van der Waals surface area contributed by atoms with E-state index in [1.807, 2.05) is 6.92 Å². The molecule has 0 saturated carbocycles. The molecule has 0 radical (unpaired) electrons. The van der Waals surface area contributed by atoms with Crippen LogP contribution in [0.25, 0.3) is 0 Å². The van der Waals surface area contributed by atoms with Crippen molar-refractivity contribution in [2.45, 2.75) is 25.8 Å². The Kier molecular flexibility index (Phi) is 4.82. The van der Waals surface area contributed by atoms with Gasteiger partial charge in [-0.05, 0) is 52.9 Å². The fourth-order valence-corrected chi connectivity index (χ4v) is 2.85. The predicted octanol–water partition coefficient (Wildman–Crippen LogP) is 3.31. The highest BCUT2D eigenvalue weighted by atomic mass is 79.9. The molecule has 1 aliphatic heterocycles. The first-order valence-corrected chi connectivity index (χ1v) is 7.43. The minimum Gasteiger partial charge on any atom is -0.480 e. The summed E-state index contributed by atoms with van der Waals surface area (Å²) in [6, 6.07) is 2.59. The van der Waals surface area contributed by atoms with Gasteiger partial charge >= 0.3 is 12.0 Å². The van der Waals surface area contributed by atoms with Gasteiger partial charge in [0, 0.05) is 11.0 Å². The molecule has 2 N–H and O–H groups in total. The van der Waals surface area contributed by atoms with Gasteiger partial charge in [0.25, 0.3) is 0 Å². The largest absolute Gasteiger partial charge is 0.480 e. The van der Waals surface area contributed by atoms with Crippen LogP contribution < -0.4 is 5.32 Å². The van der Waals surface area contributed by atoms with Gasteiger partial charge in [0.05, 0.1) is 5.69 Å². The molecule has 21 heavy (non-hydrogen) atoms. The molecular formula is C14H16BrFN2O3. The monoisotopic (exact) mass is 358 g/mol. The number of hydrogen-bond acceptors (Lipinski definition) is 2. The number of nitrogens with zero attached hydrogens (tertiary/aromatic N) is 1. The number of carboxylic acids is 1. The first kappa shape index (κ1) is 15.8. The van der Waals surface area contributed by atoms with Crippen LogP contribution in [0.15, 0.2) is 22.7 Å². The summed E-state index contributed by atoms with van der Waals surface area (Å²) in [6.07, 6.45) is 1.20. The number of benzene rings is 1. The lowest BCUT2D eigenvalue weighted by atomic mass is 9.93. The van der Waals surface area contributed by atoms with Crippen molar-refractivity contribution in [2.75, 3.05) is 11.9 Å². The summed E-state index contributed by atoms with van der Waals surface area (Å²) in [7, 11) is 0. The average Bonchev–Trinajstić information content (AvgIpc) is 2.41. The van der Waals surface area contributed by atoms with Crippen LogP contribution in [0.2, 0.25) is 0 Å². The fourth-order valence-electron chi connectivity index (χ4n) is 2.40. The standard InChI is InChI=1S/C14H16BrFN2O3/c1-8-4-5-18(12(6-8)13(19)20)14(21)17-11-3-2-9(16)7-10(11)15/h2-3,7-8,12H,4-6H2,1H3,(H,17,21)(H,19,20). The Morgan fingerprint density at radius 1 is 1.48 bits per heavy atom. The highest BCUT2D eigenvalue weighted by molar-refractivity contribution is 9.10. The third kappa shape index (κ3) is 3.72. The second-order valence-corrected chi connectivity index (χ2v) is 6.09. The van der Waals surface area contributed by atoms with E-state index in [2.05, 4.69) is 21.2 Å². The van der Waals surface area contributed by atoms with Crippen molar-refractivity contribution in [1.29, 1.82) is 0 Å². The minimum absolute atomic E-state index is 0.271. The Morgan fingerprint density at radius 2 is 2.19 bits per heavy atom. The van der Waals surface area contributed by atoms with Gasteiger partial charge in [-0.3, -0.25) is 0 Å². The van der Waals surface area contributed by atoms with Gasteiger partial charge in [-0.1, -0.05) is 6.92 Å². The molecule has 0 aliphatic carbocycles. The first-order valence-electron chi connectivity index (χ1n) is 6.64. The zero-order valence-corrected chi connectivity index (χ0v) is 13.1. The van der Waals surface area contributed by atoms with Crippen LogP contribution in [0.4, 0.5) is 14.9 Å². The molecular weight excluding hydrogens is 343 g/mol. The van der Waals surface area contributed by atoms with Crippen molar-refractivity contribution >= 4 is 33.6 Å². The Morgan fingerprint density at radius 3 is 2.81 bits per heavy atom. The summed E-state index contributed by atoms with van der Waals surface area (Å²) in [6.45, 7) is 2.37. The molecule has 1 aliphatic rings. The van der Waals surface area contributed by atoms with Gasteiger partial charge in [-0.25, -0.2) is 14.0 Å². The van der Waals surface area contributed by atoms with Gasteiger partial charge < -0.3 is 15.3 Å². The smallest absolute Gasteiger partial charge is 0.326 e. The molecule has 2 amide bonds. The number of hydrogen-bond donors (Lipinski definition) is 2. The molecule has 2 rings (SSSR count). The molecule has 114 valence electrons. The van der Waals surface area contributed by atoms with E-state index >= 15 is 0 Å². The summed E-state index contributed by atoms with van der Waals surface area (Å²) >= 11 is 3.16. The maximum atomic E-state index is 13.0. The molecule has 5 nitrogen and oxygen atoms in total. The lowest BCUT2D eigenvalue weighted by Gasteiger charge is -2.35. The van der Waals surface area contributed by atoms with E-state index in [0.717, 1.165) is 6.42 Å². The summed E-state index contributed by atoms with van der Waals surface area (Å²) in [5.41, 5.74) is 0.407. The number of nitrogens with one attached hydrogen (secondary N) is 1. The molecule has 2 atom stereocenters. The predicted molar refractivity (Wildman–Crippen MR) is 79.6 cm³/mol. The number of carbonyl (C=O) groups excluding carboxylic acids is 1. The Bertz CT molecular complexity index is 567. The molecule has 1 heterocycles. The van der Waals surface area contributed by atoms with Crippen molar-refractivity contribution in [2.24, 2.45) is 5.92 Å². The number of aliphatic carboxylic acids is 1. The van der Waals surface area contributed by atoms with Gasteiger partial charge in [0.2, 0.25) is 0 Å². The number of likely N-dealkylation sites (tertiary alicyclic amines) is 1. The van der Waals surface area contributed by atoms with Crippen LogP contribution >= 0.6 is 15.9 Å². The van der Waals surface area contributed by atoms with Crippen molar-refractivity contribution in [3.63, 3.8) is 0 Å². The Balaban J connectivity index is 2.13. The maximum absolute atomic E-state index is 13.0. The summed E-state index contributed by atoms with van der Waals surface area (Å²) in [5.74, 6) is -1.15. The van der Waals surface area contributed by atoms with E-state index in [0.29, 0.717) is 23.1 Å². The normalized spacial score (nSPS) is 22.0. The van der Waals surface area contributed by atoms with Crippen LogP contribution in [0.1, 0.15) is 19.8 Å². The highest BCUT2D eigenvalue weighted by Crippen LogP contribution is 2.26. The summed E-state index contributed by atoms with van der Waals surface area (Å²) < 4.78 is 13.4. The average molecular weight is 359 g/mol. The molecule has 0 spiro atoms. The number of halogens is 2. The first-order chi connectivity index (χ1) is 9.88. The van der Waals surface area contributed by atoms with E-state index < -0.39 is 23.9 Å². The molecule has 7 heteroatoms. The van der Waals surface area contributed by atoms with Gasteiger partial charge in [-0.15, -0.1) is 0 Å². The number of piperidine rings is 1. The Hall–Kier alpha value is -1.63. The molecule has 0 bridgehead atoms. The second kappa shape index (κ2) is 6.43. The second-order valence-electron chi connectivity index (χ2n) is 5.23. The van der Waals surface area contributed by atoms with Gasteiger partial charge in [0.15, 0.2) is 0 Å². The molecule has 2 unspecified atom stereocenters. The van der Waals surface area contributed by atoms with E-state index in [-0.39, 0.29) is 5.92 Å². The lowest BCUT2D eigenvalue weighted by molar-refractivity contribution is -0.143. The molecule has 1 aromatic carbocycles. The molecule has 1 saturated heterocycles. The number of amides is 2. The van der Waals surface area contributed by atoms with E-state index in [1.54, 1.807) is 0 Å². The van der Waals surface area contributed by atoms with Crippen molar-refractivity contribution in [3.05, 3.63) is 28.5 Å². The zero-order valence-electron chi connectivity index (χ0n) is 11.5. The minimum atomic E-state index is -1.00. The van der Waals surface area contributed by atoms with Crippen LogP contribution in [0, 0.1) is 11.7 Å². The maximum Gasteiger partial charge on any atom is 0.326 e. The topological polar surface area (TPSA) is 69.6 Å². The van der Waals surface area contributed by atoms with E-state index in [1.165, 1.54) is 23.1 Å². The van der Waals surface area contributed by atoms with Crippen LogP contribution in [-0.2, 0) is 4.79 Å². The number of rotatable bonds is 2. The highest BCUT2D eigenvalue weighted by Gasteiger charge is 2.34. The quantitative estimate of drug-likeness (QED) is 0.851. The molecule has 1 fully saturated rings. The third-order valence-electron chi connectivity index (χ3n) is 3.58. The number of carbonyl (C=O) groups is 2. The van der Waals surface area contributed by atoms with Crippen molar-refractivity contribution in [3.8, 4) is 0 Å². The van der Waals surface area contributed by atoms with Gasteiger partial charge in [-0.2, -0.15) is 0 Å².